The number of guanidine groups is 1. The van der Waals surface area contributed by atoms with Gasteiger partial charge in [-0.2, -0.15) is 8.78 Å². The van der Waals surface area contributed by atoms with Crippen molar-refractivity contribution in [1.82, 2.24) is 9.88 Å². The molecule has 1 aliphatic rings. The van der Waals surface area contributed by atoms with Crippen molar-refractivity contribution in [2.24, 2.45) is 10.7 Å². The molecular formula is C17H21F2N5O2S. The second-order valence-corrected chi connectivity index (χ2v) is 6.69. The van der Waals surface area contributed by atoms with Gasteiger partial charge in [-0.05, 0) is 18.2 Å². The molecule has 7 nitrogen and oxygen atoms in total. The Balaban J connectivity index is 1.63. The van der Waals surface area contributed by atoms with E-state index in [0.29, 0.717) is 30.4 Å². The molecule has 10 heteroatoms. The Hall–Kier alpha value is -2.62. The number of hydrogen-bond acceptors (Lipinski definition) is 6. The van der Waals surface area contributed by atoms with Crippen LogP contribution in [0.25, 0.3) is 0 Å². The molecule has 1 fully saturated rings. The lowest BCUT2D eigenvalue weighted by Crippen LogP contribution is -2.51. The van der Waals surface area contributed by atoms with Gasteiger partial charge in [0.1, 0.15) is 11.5 Å². The monoisotopic (exact) mass is 397 g/mol. The number of aliphatic imine (C=N–C) groups is 1. The zero-order valence-corrected chi connectivity index (χ0v) is 15.7. The van der Waals surface area contributed by atoms with Crippen LogP contribution in [0.5, 0.6) is 11.5 Å². The maximum Gasteiger partial charge on any atom is 0.387 e. The van der Waals surface area contributed by atoms with E-state index in [2.05, 4.69) is 19.6 Å². The lowest BCUT2D eigenvalue weighted by atomic mass is 10.2. The highest BCUT2D eigenvalue weighted by atomic mass is 32.1. The van der Waals surface area contributed by atoms with Gasteiger partial charge in [0.2, 0.25) is 0 Å². The number of methoxy groups -OCH3 is 1. The average molecular weight is 397 g/mol. The van der Waals surface area contributed by atoms with E-state index in [1.807, 2.05) is 10.3 Å². The fraction of sp³-hybridized carbons (Fsp3) is 0.412. The first-order chi connectivity index (χ1) is 13.1. The molecule has 1 aromatic carbocycles. The Morgan fingerprint density at radius 3 is 2.74 bits per heavy atom. The molecule has 2 heterocycles. The van der Waals surface area contributed by atoms with Crippen LogP contribution in [-0.4, -0.2) is 55.7 Å². The lowest BCUT2D eigenvalue weighted by molar-refractivity contribution is -0.0504. The molecule has 0 bridgehead atoms. The Bertz CT molecular complexity index is 765. The number of ether oxygens (including phenoxy) is 2. The lowest BCUT2D eigenvalue weighted by Gasteiger charge is -2.35. The molecule has 0 atom stereocenters. The summed E-state index contributed by atoms with van der Waals surface area (Å²) in [6.45, 7) is 0.238. The van der Waals surface area contributed by atoms with Crippen LogP contribution in [-0.2, 0) is 6.54 Å². The summed E-state index contributed by atoms with van der Waals surface area (Å²) in [4.78, 5) is 12.8. The first kappa shape index (κ1) is 19.2. The number of piperazine rings is 1. The molecule has 1 aliphatic heterocycles. The molecule has 146 valence electrons. The van der Waals surface area contributed by atoms with E-state index in [9.17, 15) is 8.78 Å². The van der Waals surface area contributed by atoms with Crippen molar-refractivity contribution in [3.05, 3.63) is 35.3 Å². The number of rotatable bonds is 6. The van der Waals surface area contributed by atoms with Gasteiger partial charge in [0.15, 0.2) is 11.1 Å². The number of nitrogens with two attached hydrogens (primary N) is 1. The molecule has 0 amide bonds. The van der Waals surface area contributed by atoms with Crippen LogP contribution in [0.2, 0.25) is 0 Å². The number of anilines is 1. The van der Waals surface area contributed by atoms with Crippen molar-refractivity contribution in [3.63, 3.8) is 0 Å². The van der Waals surface area contributed by atoms with Crippen LogP contribution in [0.3, 0.4) is 0 Å². The van der Waals surface area contributed by atoms with E-state index < -0.39 is 6.61 Å². The van der Waals surface area contributed by atoms with Gasteiger partial charge < -0.3 is 25.0 Å². The molecule has 2 N–H and O–H groups in total. The summed E-state index contributed by atoms with van der Waals surface area (Å²) in [5.41, 5.74) is 6.59. The third-order valence-electron chi connectivity index (χ3n) is 4.19. The maximum atomic E-state index is 12.6. The van der Waals surface area contributed by atoms with Crippen molar-refractivity contribution < 1.29 is 18.3 Å². The van der Waals surface area contributed by atoms with Crippen LogP contribution < -0.4 is 20.1 Å². The molecule has 0 saturated carbocycles. The highest BCUT2D eigenvalue weighted by Crippen LogP contribution is 2.26. The Morgan fingerprint density at radius 1 is 1.33 bits per heavy atom. The molecule has 27 heavy (non-hydrogen) atoms. The minimum Gasteiger partial charge on any atom is -0.497 e. The van der Waals surface area contributed by atoms with Crippen molar-refractivity contribution in [2.45, 2.75) is 13.2 Å². The normalized spacial score (nSPS) is 15.3. The second kappa shape index (κ2) is 8.85. The number of nitrogens with zero attached hydrogens (tertiary/aromatic N) is 4. The zero-order chi connectivity index (χ0) is 19.2. The molecule has 1 saturated heterocycles. The summed E-state index contributed by atoms with van der Waals surface area (Å²) in [5.74, 6) is 0.980. The quantitative estimate of drug-likeness (QED) is 0.596. The first-order valence-corrected chi connectivity index (χ1v) is 9.26. The Morgan fingerprint density at radius 2 is 2.11 bits per heavy atom. The Kier molecular flexibility index (Phi) is 6.28. The van der Waals surface area contributed by atoms with Crippen LogP contribution in [0, 0.1) is 0 Å². The standard InChI is InChI=1S/C17H21F2N5O2S/c1-25-13-2-3-14(26-15(18)19)12(10-13)11-22-16(20)23-5-7-24(8-6-23)17-21-4-9-27-17/h2-4,9-10,15H,5-8,11H2,1H3,(H2,20,22). The fourth-order valence-electron chi connectivity index (χ4n) is 2.78. The topological polar surface area (TPSA) is 76.2 Å². The second-order valence-electron chi connectivity index (χ2n) is 5.82. The average Bonchev–Trinajstić information content (AvgIpc) is 3.21. The Labute approximate surface area is 160 Å². The van der Waals surface area contributed by atoms with Gasteiger partial charge in [0, 0.05) is 43.3 Å². The van der Waals surface area contributed by atoms with E-state index in [0.717, 1.165) is 18.2 Å². The molecule has 3 rings (SSSR count). The summed E-state index contributed by atoms with van der Waals surface area (Å²) in [7, 11) is 1.51. The minimum absolute atomic E-state index is 0.0657. The third kappa shape index (κ3) is 4.97. The van der Waals surface area contributed by atoms with Crippen LogP contribution >= 0.6 is 11.3 Å². The van der Waals surface area contributed by atoms with Gasteiger partial charge in [-0.25, -0.2) is 9.98 Å². The summed E-state index contributed by atoms with van der Waals surface area (Å²) in [6.07, 6.45) is 1.79. The number of halogens is 2. The summed E-state index contributed by atoms with van der Waals surface area (Å²) >= 11 is 1.60. The largest absolute Gasteiger partial charge is 0.497 e. The van der Waals surface area contributed by atoms with E-state index in [4.69, 9.17) is 10.5 Å². The van der Waals surface area contributed by atoms with Gasteiger partial charge in [0.05, 0.1) is 13.7 Å². The molecule has 0 spiro atoms. The van der Waals surface area contributed by atoms with Crippen molar-refractivity contribution in [2.75, 3.05) is 38.2 Å². The summed E-state index contributed by atoms with van der Waals surface area (Å²) in [6, 6.07) is 4.62. The molecule has 0 aliphatic carbocycles. The number of alkyl halides is 2. The van der Waals surface area contributed by atoms with Gasteiger partial charge in [-0.15, -0.1) is 11.3 Å². The molecular weight excluding hydrogens is 376 g/mol. The predicted molar refractivity (Wildman–Crippen MR) is 101 cm³/mol. The molecule has 1 aromatic heterocycles. The van der Waals surface area contributed by atoms with E-state index >= 15 is 0 Å². The third-order valence-corrected chi connectivity index (χ3v) is 5.02. The van der Waals surface area contributed by atoms with Crippen molar-refractivity contribution in [3.8, 4) is 11.5 Å². The van der Waals surface area contributed by atoms with E-state index in [-0.39, 0.29) is 12.3 Å². The van der Waals surface area contributed by atoms with Crippen LogP contribution in [0.1, 0.15) is 5.56 Å². The molecule has 2 aromatic rings. The number of aromatic nitrogens is 1. The van der Waals surface area contributed by atoms with Gasteiger partial charge >= 0.3 is 6.61 Å². The summed E-state index contributed by atoms with van der Waals surface area (Å²) in [5, 5.41) is 2.94. The smallest absolute Gasteiger partial charge is 0.387 e. The van der Waals surface area contributed by atoms with Crippen LogP contribution in [0.15, 0.2) is 34.8 Å². The van der Waals surface area contributed by atoms with Gasteiger partial charge in [0.25, 0.3) is 0 Å². The predicted octanol–water partition coefficient (Wildman–Crippen LogP) is 2.39. The van der Waals surface area contributed by atoms with Crippen molar-refractivity contribution in [1.29, 1.82) is 0 Å². The minimum atomic E-state index is -2.91. The van der Waals surface area contributed by atoms with Gasteiger partial charge in [-0.3, -0.25) is 0 Å². The van der Waals surface area contributed by atoms with Crippen molar-refractivity contribution >= 4 is 22.4 Å². The number of thiazole rings is 1. The molecule has 0 unspecified atom stereocenters. The van der Waals surface area contributed by atoms with Crippen LogP contribution in [0.4, 0.5) is 13.9 Å². The summed E-state index contributed by atoms with van der Waals surface area (Å²) < 4.78 is 34.9. The zero-order valence-electron chi connectivity index (χ0n) is 14.8. The first-order valence-electron chi connectivity index (χ1n) is 8.38. The maximum absolute atomic E-state index is 12.6. The highest BCUT2D eigenvalue weighted by molar-refractivity contribution is 7.13. The molecule has 0 radical (unpaired) electrons. The number of hydrogen-bond donors (Lipinski definition) is 1. The number of benzene rings is 1. The van der Waals surface area contributed by atoms with Gasteiger partial charge in [-0.1, -0.05) is 0 Å². The van der Waals surface area contributed by atoms with E-state index in [1.165, 1.54) is 13.2 Å². The fourth-order valence-corrected chi connectivity index (χ4v) is 3.48. The van der Waals surface area contributed by atoms with E-state index in [1.54, 1.807) is 29.7 Å². The SMILES string of the molecule is COc1ccc(OC(F)F)c(CN=C(N)N2CCN(c3nccs3)CC2)c1. The highest BCUT2D eigenvalue weighted by Gasteiger charge is 2.20.